The molecule has 0 aliphatic carbocycles. The van der Waals surface area contributed by atoms with Crippen LogP contribution in [0.4, 0.5) is 0 Å². The van der Waals surface area contributed by atoms with E-state index in [-0.39, 0.29) is 6.42 Å². The van der Waals surface area contributed by atoms with Crippen molar-refractivity contribution in [1.82, 2.24) is 16.0 Å². The Bertz CT molecular complexity index is 668. The molecule has 170 valence electrons. The standard InChI is InChI=1S/C17H28N4O9/c1-3-8(2)14(16(28)20-10(17(29)30)4-5-12(23)24)21-11(22)7-19-15(27)9(18)6-13(25)26/h8-10,14H,3-7,18H2,1-2H3,(H,19,27)(H,20,28)(H,21,22)(H,23,24)(H,25,26)(H,29,30). The van der Waals surface area contributed by atoms with Crippen molar-refractivity contribution in [3.05, 3.63) is 0 Å². The van der Waals surface area contributed by atoms with Crippen molar-refractivity contribution in [1.29, 1.82) is 0 Å². The zero-order chi connectivity index (χ0) is 23.4. The summed E-state index contributed by atoms with van der Waals surface area (Å²) in [7, 11) is 0. The first-order chi connectivity index (χ1) is 13.9. The number of hydrogen-bond donors (Lipinski definition) is 7. The lowest BCUT2D eigenvalue weighted by molar-refractivity contribution is -0.143. The summed E-state index contributed by atoms with van der Waals surface area (Å²) in [5, 5.41) is 33.2. The summed E-state index contributed by atoms with van der Waals surface area (Å²) in [6, 6.07) is -3.95. The number of carbonyl (C=O) groups excluding carboxylic acids is 3. The van der Waals surface area contributed by atoms with Crippen LogP contribution < -0.4 is 21.7 Å². The van der Waals surface area contributed by atoms with E-state index < -0.39 is 79.1 Å². The molecule has 3 amide bonds. The Morgan fingerprint density at radius 1 is 0.933 bits per heavy atom. The number of carboxylic acids is 3. The minimum atomic E-state index is -1.45. The SMILES string of the molecule is CCC(C)C(NC(=O)CNC(=O)C(N)CC(=O)O)C(=O)NC(CCC(=O)O)C(=O)O. The van der Waals surface area contributed by atoms with Gasteiger partial charge in [-0.25, -0.2) is 4.79 Å². The number of carboxylic acid groups (broad SMARTS) is 3. The molecule has 0 rings (SSSR count). The summed E-state index contributed by atoms with van der Waals surface area (Å²) >= 11 is 0. The van der Waals surface area contributed by atoms with Gasteiger partial charge in [0.2, 0.25) is 17.7 Å². The molecule has 13 nitrogen and oxygen atoms in total. The van der Waals surface area contributed by atoms with Gasteiger partial charge in [-0.1, -0.05) is 20.3 Å². The van der Waals surface area contributed by atoms with E-state index in [1.54, 1.807) is 13.8 Å². The smallest absolute Gasteiger partial charge is 0.326 e. The van der Waals surface area contributed by atoms with E-state index in [1.165, 1.54) is 0 Å². The predicted molar refractivity (Wildman–Crippen MR) is 101 cm³/mol. The molecular weight excluding hydrogens is 404 g/mol. The number of carbonyl (C=O) groups is 6. The minimum absolute atomic E-state index is 0.338. The van der Waals surface area contributed by atoms with E-state index in [1.807, 2.05) is 0 Å². The monoisotopic (exact) mass is 432 g/mol. The van der Waals surface area contributed by atoms with Gasteiger partial charge >= 0.3 is 17.9 Å². The van der Waals surface area contributed by atoms with Gasteiger partial charge in [0.05, 0.1) is 19.0 Å². The fraction of sp³-hybridized carbons (Fsp3) is 0.647. The van der Waals surface area contributed by atoms with Crippen LogP contribution in [0.15, 0.2) is 0 Å². The summed E-state index contributed by atoms with van der Waals surface area (Å²) in [6.45, 7) is 2.80. The van der Waals surface area contributed by atoms with E-state index in [9.17, 15) is 28.8 Å². The summed E-state index contributed by atoms with van der Waals surface area (Å²) in [6.07, 6.45) is -0.991. The van der Waals surface area contributed by atoms with Crippen molar-refractivity contribution in [2.45, 2.75) is 57.7 Å². The van der Waals surface area contributed by atoms with Gasteiger partial charge in [0, 0.05) is 6.42 Å². The molecule has 4 atom stereocenters. The van der Waals surface area contributed by atoms with Gasteiger partial charge in [0.1, 0.15) is 12.1 Å². The summed E-state index contributed by atoms with van der Waals surface area (Å²) in [5.41, 5.74) is 5.37. The maximum absolute atomic E-state index is 12.5. The van der Waals surface area contributed by atoms with E-state index in [4.69, 9.17) is 21.1 Å². The van der Waals surface area contributed by atoms with Crippen LogP contribution in [-0.4, -0.2) is 75.6 Å². The normalized spacial score (nSPS) is 14.5. The maximum atomic E-state index is 12.5. The highest BCUT2D eigenvalue weighted by atomic mass is 16.4. The maximum Gasteiger partial charge on any atom is 0.326 e. The van der Waals surface area contributed by atoms with Crippen LogP contribution in [0.3, 0.4) is 0 Å². The molecule has 0 spiro atoms. The van der Waals surface area contributed by atoms with Crippen molar-refractivity contribution >= 4 is 35.6 Å². The van der Waals surface area contributed by atoms with Gasteiger partial charge < -0.3 is 37.0 Å². The molecule has 0 aromatic heterocycles. The third kappa shape index (κ3) is 10.4. The van der Waals surface area contributed by atoms with Gasteiger partial charge in [-0.05, 0) is 12.3 Å². The Labute approximate surface area is 172 Å². The molecule has 8 N–H and O–H groups in total. The zero-order valence-corrected chi connectivity index (χ0v) is 16.7. The highest BCUT2D eigenvalue weighted by Gasteiger charge is 2.30. The number of nitrogens with two attached hydrogens (primary N) is 1. The summed E-state index contributed by atoms with van der Waals surface area (Å²) in [4.78, 5) is 68.7. The fourth-order valence-corrected chi connectivity index (χ4v) is 2.29. The van der Waals surface area contributed by atoms with Crippen LogP contribution in [0.2, 0.25) is 0 Å². The Kier molecular flexibility index (Phi) is 11.7. The Morgan fingerprint density at radius 2 is 1.53 bits per heavy atom. The number of nitrogens with one attached hydrogen (secondary N) is 3. The molecule has 0 fully saturated rings. The largest absolute Gasteiger partial charge is 0.481 e. The minimum Gasteiger partial charge on any atom is -0.481 e. The lowest BCUT2D eigenvalue weighted by atomic mass is 9.97. The predicted octanol–water partition coefficient (Wildman–Crippen LogP) is -2.13. The number of hydrogen-bond acceptors (Lipinski definition) is 7. The highest BCUT2D eigenvalue weighted by molar-refractivity contribution is 5.93. The van der Waals surface area contributed by atoms with Crippen LogP contribution in [0.25, 0.3) is 0 Å². The molecule has 0 heterocycles. The lowest BCUT2D eigenvalue weighted by Crippen LogP contribution is -2.56. The number of rotatable bonds is 14. The second-order valence-electron chi connectivity index (χ2n) is 6.68. The molecule has 13 heteroatoms. The number of amides is 3. The molecule has 0 aliphatic heterocycles. The Morgan fingerprint density at radius 3 is 2.00 bits per heavy atom. The molecule has 0 aliphatic rings. The van der Waals surface area contributed by atoms with Crippen molar-refractivity contribution < 1.29 is 44.1 Å². The average Bonchev–Trinajstić information content (AvgIpc) is 2.65. The Hall–Kier alpha value is -3.22. The van der Waals surface area contributed by atoms with Gasteiger partial charge in [-0.3, -0.25) is 24.0 Å². The van der Waals surface area contributed by atoms with Crippen LogP contribution in [-0.2, 0) is 28.8 Å². The van der Waals surface area contributed by atoms with Gasteiger partial charge in [0.15, 0.2) is 0 Å². The van der Waals surface area contributed by atoms with Crippen molar-refractivity contribution in [3.63, 3.8) is 0 Å². The molecule has 0 saturated carbocycles. The third-order valence-corrected chi connectivity index (χ3v) is 4.23. The van der Waals surface area contributed by atoms with Crippen LogP contribution in [0, 0.1) is 5.92 Å². The van der Waals surface area contributed by atoms with Gasteiger partial charge in [0.25, 0.3) is 0 Å². The summed E-state index contributed by atoms with van der Waals surface area (Å²) < 4.78 is 0. The second-order valence-corrected chi connectivity index (χ2v) is 6.68. The second kappa shape index (κ2) is 13.1. The van der Waals surface area contributed by atoms with E-state index in [0.717, 1.165) is 0 Å². The molecule has 30 heavy (non-hydrogen) atoms. The molecule has 4 unspecified atom stereocenters. The van der Waals surface area contributed by atoms with Gasteiger partial charge in [-0.15, -0.1) is 0 Å². The quantitative estimate of drug-likeness (QED) is 0.158. The topological polar surface area (TPSA) is 225 Å². The fourth-order valence-electron chi connectivity index (χ4n) is 2.29. The first kappa shape index (κ1) is 26.8. The Balaban J connectivity index is 4.97. The van der Waals surface area contributed by atoms with Crippen LogP contribution in [0.1, 0.15) is 39.5 Å². The highest BCUT2D eigenvalue weighted by Crippen LogP contribution is 2.09. The van der Waals surface area contributed by atoms with Crippen molar-refractivity contribution in [2.75, 3.05) is 6.54 Å². The van der Waals surface area contributed by atoms with E-state index >= 15 is 0 Å². The van der Waals surface area contributed by atoms with Crippen LogP contribution in [0.5, 0.6) is 0 Å². The van der Waals surface area contributed by atoms with Crippen molar-refractivity contribution in [3.8, 4) is 0 Å². The van der Waals surface area contributed by atoms with E-state index in [0.29, 0.717) is 6.42 Å². The third-order valence-electron chi connectivity index (χ3n) is 4.23. The first-order valence-corrected chi connectivity index (χ1v) is 9.18. The zero-order valence-electron chi connectivity index (χ0n) is 16.7. The molecular formula is C17H28N4O9. The van der Waals surface area contributed by atoms with Crippen LogP contribution >= 0.6 is 0 Å². The molecule has 0 bridgehead atoms. The molecule has 0 radical (unpaired) electrons. The molecule has 0 saturated heterocycles. The average molecular weight is 432 g/mol. The van der Waals surface area contributed by atoms with Gasteiger partial charge in [-0.2, -0.15) is 0 Å². The number of aliphatic carboxylic acids is 3. The summed E-state index contributed by atoms with van der Waals surface area (Å²) in [5.74, 6) is -6.79. The molecule has 0 aromatic rings. The lowest BCUT2D eigenvalue weighted by Gasteiger charge is -2.25. The van der Waals surface area contributed by atoms with E-state index in [2.05, 4.69) is 16.0 Å². The first-order valence-electron chi connectivity index (χ1n) is 9.18. The van der Waals surface area contributed by atoms with Crippen molar-refractivity contribution in [2.24, 2.45) is 11.7 Å². The molecule has 0 aromatic carbocycles.